The van der Waals surface area contributed by atoms with Crippen LogP contribution in [0.25, 0.3) is 0 Å². The number of anilines is 1. The Labute approximate surface area is 170 Å². The van der Waals surface area contributed by atoms with E-state index in [2.05, 4.69) is 16.0 Å². The fourth-order valence-electron chi connectivity index (χ4n) is 2.90. The lowest BCUT2D eigenvalue weighted by Gasteiger charge is -2.22. The molecule has 27 heavy (non-hydrogen) atoms. The van der Waals surface area contributed by atoms with Gasteiger partial charge in [0.2, 0.25) is 5.91 Å². The molecule has 1 aliphatic heterocycles. The van der Waals surface area contributed by atoms with E-state index >= 15 is 0 Å². The van der Waals surface area contributed by atoms with Gasteiger partial charge in [-0.1, -0.05) is 40.9 Å². The minimum Gasteiger partial charge on any atom is -0.370 e. The van der Waals surface area contributed by atoms with E-state index in [4.69, 9.17) is 34.8 Å². The number of carbonyl (C=O) groups is 1. The van der Waals surface area contributed by atoms with Crippen molar-refractivity contribution in [3.63, 3.8) is 0 Å². The van der Waals surface area contributed by atoms with Crippen molar-refractivity contribution in [3.05, 3.63) is 62.1 Å². The lowest BCUT2D eigenvalue weighted by Crippen LogP contribution is -2.36. The highest BCUT2D eigenvalue weighted by Crippen LogP contribution is 2.35. The van der Waals surface area contributed by atoms with E-state index in [-0.39, 0.29) is 15.1 Å². The monoisotopic (exact) mass is 433 g/mol. The molecule has 0 spiro atoms. The summed E-state index contributed by atoms with van der Waals surface area (Å²) in [5.41, 5.74) is 3.23. The summed E-state index contributed by atoms with van der Waals surface area (Å²) in [4.78, 5) is 12.6. The SMILES string of the molecule is O=C(NCC(F)F)[C@H](Nc1ccc2c(c1)CNC2)c1cc(Cl)cc(Cl)c1Cl. The van der Waals surface area contributed by atoms with Crippen LogP contribution in [-0.4, -0.2) is 18.9 Å². The summed E-state index contributed by atoms with van der Waals surface area (Å²) in [6.45, 7) is 0.734. The molecule has 144 valence electrons. The summed E-state index contributed by atoms with van der Waals surface area (Å²) >= 11 is 18.4. The maximum absolute atomic E-state index is 12.6. The van der Waals surface area contributed by atoms with Gasteiger partial charge in [-0.15, -0.1) is 0 Å². The van der Waals surface area contributed by atoms with Crippen LogP contribution in [0.3, 0.4) is 0 Å². The zero-order chi connectivity index (χ0) is 19.6. The van der Waals surface area contributed by atoms with Gasteiger partial charge in [-0.2, -0.15) is 0 Å². The first-order chi connectivity index (χ1) is 12.8. The molecular formula is C18H16Cl3F2N3O. The molecule has 0 radical (unpaired) electrons. The average Bonchev–Trinajstić information content (AvgIpc) is 3.08. The predicted octanol–water partition coefficient (Wildman–Crippen LogP) is 4.78. The second-order valence-corrected chi connectivity index (χ2v) is 7.31. The fraction of sp³-hybridized carbons (Fsp3) is 0.278. The molecule has 2 aromatic rings. The summed E-state index contributed by atoms with van der Waals surface area (Å²) in [6, 6.07) is 7.56. The number of benzene rings is 2. The standard InChI is InChI=1S/C18H16Cl3F2N3O/c19-11-4-13(16(21)14(20)5-11)17(18(27)25-8-15(22)23)26-12-2-1-9-6-24-7-10(9)3-12/h1-5,15,17,24,26H,6-8H2,(H,25,27)/t17-/m1/s1. The van der Waals surface area contributed by atoms with E-state index in [1.165, 1.54) is 17.7 Å². The first-order valence-corrected chi connectivity index (χ1v) is 9.28. The maximum atomic E-state index is 12.6. The molecule has 0 unspecified atom stereocenters. The minimum atomic E-state index is -2.67. The van der Waals surface area contributed by atoms with Crippen LogP contribution in [0.4, 0.5) is 14.5 Å². The molecule has 1 aliphatic rings. The predicted molar refractivity (Wildman–Crippen MR) is 104 cm³/mol. The first-order valence-electron chi connectivity index (χ1n) is 8.14. The van der Waals surface area contributed by atoms with Gasteiger partial charge in [0.1, 0.15) is 6.04 Å². The van der Waals surface area contributed by atoms with Gasteiger partial charge in [-0.05, 0) is 35.4 Å². The molecule has 1 amide bonds. The molecule has 0 bridgehead atoms. The third kappa shape index (κ3) is 4.82. The zero-order valence-corrected chi connectivity index (χ0v) is 16.2. The number of hydrogen-bond donors (Lipinski definition) is 3. The second-order valence-electron chi connectivity index (χ2n) is 6.09. The number of fused-ring (bicyclic) bond motifs is 1. The Morgan fingerprint density at radius 2 is 1.85 bits per heavy atom. The maximum Gasteiger partial charge on any atom is 0.255 e. The van der Waals surface area contributed by atoms with Crippen LogP contribution < -0.4 is 16.0 Å². The summed E-state index contributed by atoms with van der Waals surface area (Å²) in [7, 11) is 0. The minimum absolute atomic E-state index is 0.133. The molecule has 3 N–H and O–H groups in total. The van der Waals surface area contributed by atoms with Crippen LogP contribution in [0, 0.1) is 0 Å². The Balaban J connectivity index is 1.94. The van der Waals surface area contributed by atoms with Crippen LogP contribution in [0.5, 0.6) is 0 Å². The van der Waals surface area contributed by atoms with Gasteiger partial charge in [0.05, 0.1) is 16.6 Å². The topological polar surface area (TPSA) is 53.2 Å². The molecular weight excluding hydrogens is 419 g/mol. The average molecular weight is 435 g/mol. The van der Waals surface area contributed by atoms with Crippen molar-refractivity contribution in [2.24, 2.45) is 0 Å². The Hall–Kier alpha value is -1.60. The van der Waals surface area contributed by atoms with Crippen molar-refractivity contribution < 1.29 is 13.6 Å². The van der Waals surface area contributed by atoms with Gasteiger partial charge in [0.15, 0.2) is 0 Å². The van der Waals surface area contributed by atoms with Gasteiger partial charge in [-0.25, -0.2) is 8.78 Å². The number of amides is 1. The van der Waals surface area contributed by atoms with Gasteiger partial charge in [0, 0.05) is 29.4 Å². The van der Waals surface area contributed by atoms with Crippen LogP contribution in [-0.2, 0) is 17.9 Å². The number of halogens is 5. The van der Waals surface area contributed by atoms with Gasteiger partial charge in [0.25, 0.3) is 6.43 Å². The van der Waals surface area contributed by atoms with Crippen molar-refractivity contribution >= 4 is 46.4 Å². The summed E-state index contributed by atoms with van der Waals surface area (Å²) in [6.07, 6.45) is -2.67. The van der Waals surface area contributed by atoms with Crippen molar-refractivity contribution in [2.75, 3.05) is 11.9 Å². The van der Waals surface area contributed by atoms with E-state index in [9.17, 15) is 13.6 Å². The quantitative estimate of drug-likeness (QED) is 0.573. The molecule has 3 rings (SSSR count). The lowest BCUT2D eigenvalue weighted by molar-refractivity contribution is -0.122. The Bertz CT molecular complexity index is 864. The van der Waals surface area contributed by atoms with Crippen molar-refractivity contribution in [1.29, 1.82) is 0 Å². The summed E-state index contributed by atoms with van der Waals surface area (Å²) in [5.74, 6) is -0.658. The van der Waals surface area contributed by atoms with Crippen LogP contribution >= 0.6 is 34.8 Å². The number of carbonyl (C=O) groups excluding carboxylic acids is 1. The van der Waals surface area contributed by atoms with E-state index in [1.54, 1.807) is 0 Å². The normalized spacial score (nSPS) is 14.1. The highest BCUT2D eigenvalue weighted by Gasteiger charge is 2.26. The van der Waals surface area contributed by atoms with E-state index in [0.29, 0.717) is 11.3 Å². The van der Waals surface area contributed by atoms with Crippen molar-refractivity contribution in [1.82, 2.24) is 10.6 Å². The molecule has 0 saturated heterocycles. The number of alkyl halides is 2. The van der Waals surface area contributed by atoms with E-state index in [1.807, 2.05) is 18.2 Å². The van der Waals surface area contributed by atoms with E-state index in [0.717, 1.165) is 18.7 Å². The number of nitrogens with one attached hydrogen (secondary N) is 3. The zero-order valence-electron chi connectivity index (χ0n) is 14.0. The number of hydrogen-bond acceptors (Lipinski definition) is 3. The molecule has 0 saturated carbocycles. The Kier molecular flexibility index (Phi) is 6.42. The second kappa shape index (κ2) is 8.61. The molecule has 0 aliphatic carbocycles. The van der Waals surface area contributed by atoms with E-state index < -0.39 is 24.9 Å². The molecule has 1 atom stereocenters. The largest absolute Gasteiger partial charge is 0.370 e. The number of rotatable bonds is 6. The molecule has 0 fully saturated rings. The van der Waals surface area contributed by atoms with Gasteiger partial charge in [-0.3, -0.25) is 4.79 Å². The summed E-state index contributed by atoms with van der Waals surface area (Å²) < 4.78 is 25.1. The van der Waals surface area contributed by atoms with Crippen LogP contribution in [0.2, 0.25) is 15.1 Å². The summed E-state index contributed by atoms with van der Waals surface area (Å²) in [5, 5.41) is 9.09. The molecule has 9 heteroatoms. The van der Waals surface area contributed by atoms with Gasteiger partial charge < -0.3 is 16.0 Å². The highest BCUT2D eigenvalue weighted by molar-refractivity contribution is 6.43. The Morgan fingerprint density at radius 1 is 1.11 bits per heavy atom. The smallest absolute Gasteiger partial charge is 0.255 e. The fourth-order valence-corrected chi connectivity index (χ4v) is 3.63. The van der Waals surface area contributed by atoms with Crippen molar-refractivity contribution in [2.45, 2.75) is 25.6 Å². The first kappa shape index (κ1) is 20.1. The van der Waals surface area contributed by atoms with Crippen molar-refractivity contribution in [3.8, 4) is 0 Å². The third-order valence-electron chi connectivity index (χ3n) is 4.17. The Morgan fingerprint density at radius 3 is 2.59 bits per heavy atom. The van der Waals surface area contributed by atoms with Crippen LogP contribution in [0.1, 0.15) is 22.7 Å². The molecule has 2 aromatic carbocycles. The third-order valence-corrected chi connectivity index (χ3v) is 5.21. The van der Waals surface area contributed by atoms with Crippen LogP contribution in [0.15, 0.2) is 30.3 Å². The molecule has 0 aromatic heterocycles. The van der Waals surface area contributed by atoms with Gasteiger partial charge >= 0.3 is 0 Å². The molecule has 4 nitrogen and oxygen atoms in total. The molecule has 1 heterocycles. The lowest BCUT2D eigenvalue weighted by atomic mass is 10.0. The highest BCUT2D eigenvalue weighted by atomic mass is 35.5.